The van der Waals surface area contributed by atoms with Crippen molar-refractivity contribution in [1.29, 1.82) is 0 Å². The van der Waals surface area contributed by atoms with Crippen molar-refractivity contribution in [2.24, 2.45) is 0 Å². The summed E-state index contributed by atoms with van der Waals surface area (Å²) in [7, 11) is 1.80. The summed E-state index contributed by atoms with van der Waals surface area (Å²) in [5, 5.41) is 17.9. The monoisotopic (exact) mass is 626 g/mol. The average molecular weight is 627 g/mol. The fourth-order valence-corrected chi connectivity index (χ4v) is 6.67. The number of fused-ring (bicyclic) bond motifs is 1. The second-order valence-corrected chi connectivity index (χ2v) is 12.2. The number of carbonyl (C=O) groups is 4. The number of hydrogen-bond donors (Lipinski definition) is 3. The Balaban J connectivity index is 0.000000635. The molecule has 1 unspecified atom stereocenters. The van der Waals surface area contributed by atoms with Gasteiger partial charge in [0, 0.05) is 49.5 Å². The molecule has 3 aromatic rings. The molecule has 10 nitrogen and oxygen atoms in total. The Morgan fingerprint density at radius 2 is 1.59 bits per heavy atom. The number of carboxylic acids is 2. The summed E-state index contributed by atoms with van der Waals surface area (Å²) in [5.74, 6) is -3.67. The third kappa shape index (κ3) is 8.18. The summed E-state index contributed by atoms with van der Waals surface area (Å²) in [4.78, 5) is 50.9. The van der Waals surface area contributed by atoms with Gasteiger partial charge in [0.2, 0.25) is 5.91 Å². The van der Waals surface area contributed by atoms with E-state index < -0.39 is 11.9 Å². The molecule has 3 aliphatic heterocycles. The molecule has 2 saturated heterocycles. The molecule has 3 N–H and O–H groups in total. The summed E-state index contributed by atoms with van der Waals surface area (Å²) < 4.78 is 0. The summed E-state index contributed by atoms with van der Waals surface area (Å²) in [6, 6.07) is 23.1. The highest BCUT2D eigenvalue weighted by atomic mass is 16.4. The fourth-order valence-electron chi connectivity index (χ4n) is 6.67. The van der Waals surface area contributed by atoms with E-state index in [-0.39, 0.29) is 11.8 Å². The number of aliphatic carboxylic acids is 2. The maximum absolute atomic E-state index is 13.5. The molecular weight excluding hydrogens is 584 g/mol. The molecular formula is C36H42N4O6. The van der Waals surface area contributed by atoms with Gasteiger partial charge in [-0.3, -0.25) is 19.4 Å². The number of carboxylic acid groups (broad SMARTS) is 2. The van der Waals surface area contributed by atoms with Crippen molar-refractivity contribution < 1.29 is 29.4 Å². The van der Waals surface area contributed by atoms with Gasteiger partial charge in [-0.15, -0.1) is 0 Å². The Kier molecular flexibility index (Phi) is 10.8. The first-order valence-corrected chi connectivity index (χ1v) is 16.0. The van der Waals surface area contributed by atoms with Gasteiger partial charge in [0.1, 0.15) is 0 Å². The van der Waals surface area contributed by atoms with Crippen LogP contribution in [0.2, 0.25) is 0 Å². The number of rotatable bonds is 6. The van der Waals surface area contributed by atoms with E-state index in [0.717, 1.165) is 37.3 Å². The van der Waals surface area contributed by atoms with E-state index in [1.165, 1.54) is 61.9 Å². The minimum absolute atomic E-state index is 0.109. The first-order valence-electron chi connectivity index (χ1n) is 16.0. The van der Waals surface area contributed by atoms with Gasteiger partial charge < -0.3 is 20.4 Å². The van der Waals surface area contributed by atoms with Gasteiger partial charge in [0.15, 0.2) is 0 Å². The number of likely N-dealkylation sites (tertiary alicyclic amines) is 2. The number of anilines is 2. The Morgan fingerprint density at radius 1 is 0.848 bits per heavy atom. The number of amides is 2. The quantitative estimate of drug-likeness (QED) is 0.322. The molecule has 0 radical (unpaired) electrons. The van der Waals surface area contributed by atoms with E-state index in [1.54, 1.807) is 11.9 Å². The summed E-state index contributed by atoms with van der Waals surface area (Å²) in [6.45, 7) is 5.48. The molecule has 3 heterocycles. The van der Waals surface area contributed by atoms with Crippen LogP contribution < -0.4 is 10.2 Å². The van der Waals surface area contributed by atoms with Crippen LogP contribution in [0.1, 0.15) is 60.0 Å². The predicted molar refractivity (Wildman–Crippen MR) is 177 cm³/mol. The zero-order chi connectivity index (χ0) is 32.6. The van der Waals surface area contributed by atoms with Crippen molar-refractivity contribution in [2.75, 3.05) is 43.4 Å². The standard InChI is InChI=1S/C34H40N4O2.C2H2O4/c1-36-32-22-29(15-12-26(32)14-17-33(36)39)35-34(40)27-13-16-31(25-9-4-2-5-10-25)28(21-27)23-37-18-8-11-30(24-37)38-19-6-3-7-20-38;3-1(4)2(5)6/h2,4-5,9-10,12-13,15-16,21-22,30H,3,6-8,11,14,17-20,23-24H2,1H3,(H,35,40);(H,3,4)(H,5,6). The molecule has 0 aliphatic carbocycles. The van der Waals surface area contributed by atoms with E-state index in [2.05, 4.69) is 51.5 Å². The molecule has 2 fully saturated rings. The summed E-state index contributed by atoms with van der Waals surface area (Å²) >= 11 is 0. The number of nitrogens with zero attached hydrogens (tertiary/aromatic N) is 3. The normalized spacial score (nSPS) is 18.6. The molecule has 10 heteroatoms. The van der Waals surface area contributed by atoms with Crippen molar-refractivity contribution in [2.45, 2.75) is 57.5 Å². The lowest BCUT2D eigenvalue weighted by Gasteiger charge is -2.41. The van der Waals surface area contributed by atoms with Gasteiger partial charge in [0.05, 0.1) is 0 Å². The Labute approximate surface area is 269 Å². The second kappa shape index (κ2) is 15.2. The highest BCUT2D eigenvalue weighted by Crippen LogP contribution is 2.31. The van der Waals surface area contributed by atoms with Crippen LogP contribution in [0.25, 0.3) is 11.1 Å². The van der Waals surface area contributed by atoms with Gasteiger partial charge in [-0.1, -0.05) is 48.9 Å². The lowest BCUT2D eigenvalue weighted by atomic mass is 9.95. The van der Waals surface area contributed by atoms with Crippen LogP contribution in [0, 0.1) is 0 Å². The number of hydrogen-bond acceptors (Lipinski definition) is 6. The van der Waals surface area contributed by atoms with E-state index in [4.69, 9.17) is 19.8 Å². The van der Waals surface area contributed by atoms with Gasteiger partial charge in [-0.25, -0.2) is 9.59 Å². The van der Waals surface area contributed by atoms with E-state index in [1.807, 2.05) is 30.3 Å². The van der Waals surface area contributed by atoms with Crippen molar-refractivity contribution in [3.8, 4) is 11.1 Å². The average Bonchev–Trinajstić information content (AvgIpc) is 3.08. The molecule has 46 heavy (non-hydrogen) atoms. The predicted octanol–water partition coefficient (Wildman–Crippen LogP) is 5.12. The van der Waals surface area contributed by atoms with Gasteiger partial charge in [0.25, 0.3) is 5.91 Å². The van der Waals surface area contributed by atoms with Crippen molar-refractivity contribution >= 4 is 35.1 Å². The first-order chi connectivity index (χ1) is 22.2. The zero-order valence-corrected chi connectivity index (χ0v) is 26.3. The van der Waals surface area contributed by atoms with Crippen LogP contribution in [0.15, 0.2) is 66.7 Å². The first kappa shape index (κ1) is 32.8. The van der Waals surface area contributed by atoms with Gasteiger partial charge in [-0.05, 0) is 98.3 Å². The Morgan fingerprint density at radius 3 is 2.30 bits per heavy atom. The van der Waals surface area contributed by atoms with Crippen molar-refractivity contribution in [3.05, 3.63) is 83.4 Å². The summed E-state index contributed by atoms with van der Waals surface area (Å²) in [5.41, 5.74) is 6.93. The zero-order valence-electron chi connectivity index (χ0n) is 26.3. The van der Waals surface area contributed by atoms with Crippen molar-refractivity contribution in [3.63, 3.8) is 0 Å². The molecule has 0 aromatic heterocycles. The molecule has 3 aromatic carbocycles. The van der Waals surface area contributed by atoms with Crippen LogP contribution in [-0.4, -0.2) is 83.0 Å². The largest absolute Gasteiger partial charge is 0.473 e. The molecule has 3 aliphatic rings. The number of benzene rings is 3. The number of carbonyl (C=O) groups excluding carboxylic acids is 2. The molecule has 1 atom stereocenters. The lowest BCUT2D eigenvalue weighted by Crippen LogP contribution is -2.49. The van der Waals surface area contributed by atoms with Gasteiger partial charge >= 0.3 is 11.9 Å². The summed E-state index contributed by atoms with van der Waals surface area (Å²) in [6.07, 6.45) is 7.78. The van der Waals surface area contributed by atoms with E-state index in [9.17, 15) is 9.59 Å². The topological polar surface area (TPSA) is 130 Å². The molecule has 0 saturated carbocycles. The molecule has 0 spiro atoms. The second-order valence-electron chi connectivity index (χ2n) is 12.2. The van der Waals surface area contributed by atoms with E-state index >= 15 is 0 Å². The molecule has 2 amide bonds. The van der Waals surface area contributed by atoms with Crippen LogP contribution in [0.3, 0.4) is 0 Å². The third-order valence-electron chi connectivity index (χ3n) is 9.10. The van der Waals surface area contributed by atoms with Crippen molar-refractivity contribution in [1.82, 2.24) is 9.80 Å². The van der Waals surface area contributed by atoms with Crippen LogP contribution in [-0.2, 0) is 27.3 Å². The van der Waals surface area contributed by atoms with Gasteiger partial charge in [-0.2, -0.15) is 0 Å². The molecule has 6 rings (SSSR count). The minimum Gasteiger partial charge on any atom is -0.473 e. The molecule has 242 valence electrons. The Bertz CT molecular complexity index is 1560. The number of nitrogens with one attached hydrogen (secondary N) is 1. The maximum atomic E-state index is 13.5. The van der Waals surface area contributed by atoms with Crippen LogP contribution in [0.4, 0.5) is 11.4 Å². The van der Waals surface area contributed by atoms with Crippen LogP contribution >= 0.6 is 0 Å². The fraction of sp³-hybridized carbons (Fsp3) is 0.389. The molecule has 0 bridgehead atoms. The number of piperidine rings is 2. The Hall–Kier alpha value is -4.54. The lowest BCUT2D eigenvalue weighted by molar-refractivity contribution is -0.159. The highest BCUT2D eigenvalue weighted by molar-refractivity contribution is 6.27. The SMILES string of the molecule is CN1C(=O)CCc2ccc(NC(=O)c3ccc(-c4ccccc4)c(CN4CCCC(N5CCCCC5)C4)c3)cc21.O=C(O)C(=O)O. The highest BCUT2D eigenvalue weighted by Gasteiger charge is 2.27. The number of aryl methyl sites for hydroxylation is 1. The smallest absolute Gasteiger partial charge is 0.414 e. The third-order valence-corrected chi connectivity index (χ3v) is 9.10. The van der Waals surface area contributed by atoms with E-state index in [0.29, 0.717) is 23.7 Å². The maximum Gasteiger partial charge on any atom is 0.414 e. The van der Waals surface area contributed by atoms with Crippen LogP contribution in [0.5, 0.6) is 0 Å². The minimum atomic E-state index is -1.82.